The molecule has 6 heteroatoms. The Kier molecular flexibility index (Phi) is 5.43. The third-order valence-corrected chi connectivity index (χ3v) is 4.58. The summed E-state index contributed by atoms with van der Waals surface area (Å²) in [5.74, 6) is 0.524. The van der Waals surface area contributed by atoms with Gasteiger partial charge in [-0.25, -0.2) is 4.98 Å². The van der Waals surface area contributed by atoms with Crippen LogP contribution in [0.1, 0.15) is 13.8 Å². The number of hydrogen-bond donors (Lipinski definition) is 1. The van der Waals surface area contributed by atoms with Crippen molar-refractivity contribution in [2.75, 3.05) is 41.3 Å². The zero-order valence-corrected chi connectivity index (χ0v) is 15.3. The molecule has 1 amide bonds. The van der Waals surface area contributed by atoms with Crippen LogP contribution in [0.15, 0.2) is 42.6 Å². The maximum Gasteiger partial charge on any atom is 0.228 e. The van der Waals surface area contributed by atoms with Crippen molar-refractivity contribution in [1.29, 1.82) is 0 Å². The summed E-state index contributed by atoms with van der Waals surface area (Å²) in [7, 11) is 0. The Hall–Kier alpha value is -2.27. The highest BCUT2D eigenvalue weighted by Crippen LogP contribution is 2.23. The minimum Gasteiger partial charge on any atom is -0.368 e. The summed E-state index contributed by atoms with van der Waals surface area (Å²) in [6.45, 7) is 7.45. The van der Waals surface area contributed by atoms with Gasteiger partial charge < -0.3 is 15.1 Å². The van der Waals surface area contributed by atoms with Gasteiger partial charge in [-0.05, 0) is 30.3 Å². The fraction of sp³-hybridized carbons (Fsp3) is 0.368. The predicted octanol–water partition coefficient (Wildman–Crippen LogP) is 3.66. The second kappa shape index (κ2) is 7.74. The molecule has 1 aliphatic rings. The van der Waals surface area contributed by atoms with Crippen molar-refractivity contribution >= 4 is 34.7 Å². The number of carbonyl (C=O) groups is 1. The van der Waals surface area contributed by atoms with Gasteiger partial charge in [0.1, 0.15) is 5.82 Å². The Balaban J connectivity index is 1.58. The summed E-state index contributed by atoms with van der Waals surface area (Å²) < 4.78 is 0. The Morgan fingerprint density at radius 3 is 2.32 bits per heavy atom. The number of amides is 1. The third-order valence-electron chi connectivity index (χ3n) is 4.34. The van der Waals surface area contributed by atoms with Crippen LogP contribution in [0.2, 0.25) is 5.02 Å². The predicted molar refractivity (Wildman–Crippen MR) is 104 cm³/mol. The fourth-order valence-electron chi connectivity index (χ4n) is 2.81. The van der Waals surface area contributed by atoms with Crippen LogP contribution in [0.3, 0.4) is 0 Å². The molecule has 0 saturated carbocycles. The number of carbonyl (C=O) groups excluding carboxylic acids is 1. The van der Waals surface area contributed by atoms with Gasteiger partial charge in [0.05, 0.1) is 11.9 Å². The highest BCUT2D eigenvalue weighted by molar-refractivity contribution is 6.30. The summed E-state index contributed by atoms with van der Waals surface area (Å²) in [6, 6.07) is 11.8. The van der Waals surface area contributed by atoms with Crippen molar-refractivity contribution in [3.8, 4) is 0 Å². The number of piperazine rings is 1. The SMILES string of the molecule is CC(C)C(=O)Nc1ccc(N2CCN(c3cccc(Cl)c3)CC2)cn1. The zero-order valence-electron chi connectivity index (χ0n) is 14.6. The number of benzene rings is 1. The van der Waals surface area contributed by atoms with Gasteiger partial charge in [0.2, 0.25) is 5.91 Å². The van der Waals surface area contributed by atoms with E-state index in [9.17, 15) is 4.79 Å². The average molecular weight is 359 g/mol. The van der Waals surface area contributed by atoms with Crippen LogP contribution in [0.25, 0.3) is 0 Å². The normalized spacial score (nSPS) is 14.7. The van der Waals surface area contributed by atoms with Crippen LogP contribution in [0.5, 0.6) is 0 Å². The average Bonchev–Trinajstić information content (AvgIpc) is 2.62. The lowest BCUT2D eigenvalue weighted by Crippen LogP contribution is -2.46. The van der Waals surface area contributed by atoms with Crippen molar-refractivity contribution in [2.45, 2.75) is 13.8 Å². The number of aromatic nitrogens is 1. The van der Waals surface area contributed by atoms with E-state index in [1.165, 1.54) is 0 Å². The second-order valence-corrected chi connectivity index (χ2v) is 6.94. The number of rotatable bonds is 4. The molecule has 1 saturated heterocycles. The smallest absolute Gasteiger partial charge is 0.228 e. The minimum atomic E-state index is -0.0546. The number of hydrogen-bond acceptors (Lipinski definition) is 4. The minimum absolute atomic E-state index is 0.0182. The molecular formula is C19H23ClN4O. The van der Waals surface area contributed by atoms with Gasteiger partial charge in [-0.3, -0.25) is 4.79 Å². The second-order valence-electron chi connectivity index (χ2n) is 6.50. The van der Waals surface area contributed by atoms with E-state index in [2.05, 4.69) is 26.2 Å². The standard InChI is InChI=1S/C19H23ClN4O/c1-14(2)19(25)22-18-7-6-17(13-21-18)24-10-8-23(9-11-24)16-5-3-4-15(20)12-16/h3-7,12-14H,8-11H2,1-2H3,(H,21,22,25). The largest absolute Gasteiger partial charge is 0.368 e. The van der Waals surface area contributed by atoms with Crippen molar-refractivity contribution in [3.63, 3.8) is 0 Å². The highest BCUT2D eigenvalue weighted by Gasteiger charge is 2.18. The number of halogens is 1. The number of nitrogens with zero attached hydrogens (tertiary/aromatic N) is 3. The van der Waals surface area contributed by atoms with E-state index in [0.717, 1.165) is 42.6 Å². The first-order chi connectivity index (χ1) is 12.0. The summed E-state index contributed by atoms with van der Waals surface area (Å²) >= 11 is 6.08. The van der Waals surface area contributed by atoms with Crippen molar-refractivity contribution in [2.24, 2.45) is 5.92 Å². The first kappa shape index (κ1) is 17.5. The molecule has 0 radical (unpaired) electrons. The maximum atomic E-state index is 11.7. The molecule has 0 atom stereocenters. The molecule has 2 heterocycles. The van der Waals surface area contributed by atoms with Crippen LogP contribution < -0.4 is 15.1 Å². The van der Waals surface area contributed by atoms with E-state index in [0.29, 0.717) is 5.82 Å². The topological polar surface area (TPSA) is 48.5 Å². The molecule has 132 valence electrons. The van der Waals surface area contributed by atoms with Crippen LogP contribution in [-0.2, 0) is 4.79 Å². The van der Waals surface area contributed by atoms with Gasteiger partial charge in [0.15, 0.2) is 0 Å². The molecule has 3 rings (SSSR count). The van der Waals surface area contributed by atoms with Crippen LogP contribution in [-0.4, -0.2) is 37.1 Å². The molecule has 0 bridgehead atoms. The Morgan fingerprint density at radius 2 is 1.76 bits per heavy atom. The van der Waals surface area contributed by atoms with Crippen molar-refractivity contribution in [1.82, 2.24) is 4.98 Å². The zero-order chi connectivity index (χ0) is 17.8. The van der Waals surface area contributed by atoms with E-state index in [4.69, 9.17) is 11.6 Å². The van der Waals surface area contributed by atoms with Crippen molar-refractivity contribution < 1.29 is 4.79 Å². The maximum absolute atomic E-state index is 11.7. The molecule has 1 aliphatic heterocycles. The van der Waals surface area contributed by atoms with Gasteiger partial charge in [0, 0.05) is 42.8 Å². The van der Waals surface area contributed by atoms with Crippen molar-refractivity contribution in [3.05, 3.63) is 47.6 Å². The van der Waals surface area contributed by atoms with Gasteiger partial charge in [-0.2, -0.15) is 0 Å². The quantitative estimate of drug-likeness (QED) is 0.906. The Bertz CT molecular complexity index is 724. The molecule has 1 aromatic carbocycles. The molecular weight excluding hydrogens is 336 g/mol. The van der Waals surface area contributed by atoms with E-state index in [1.54, 1.807) is 0 Å². The van der Waals surface area contributed by atoms with Gasteiger partial charge in [-0.1, -0.05) is 31.5 Å². The molecule has 1 aromatic heterocycles. The van der Waals surface area contributed by atoms with E-state index in [-0.39, 0.29) is 11.8 Å². The highest BCUT2D eigenvalue weighted by atomic mass is 35.5. The summed E-state index contributed by atoms with van der Waals surface area (Å²) in [6.07, 6.45) is 1.82. The monoisotopic (exact) mass is 358 g/mol. The lowest BCUT2D eigenvalue weighted by atomic mass is 10.2. The third kappa shape index (κ3) is 4.42. The summed E-state index contributed by atoms with van der Waals surface area (Å²) in [5.41, 5.74) is 2.24. The van der Waals surface area contributed by atoms with Crippen LogP contribution in [0, 0.1) is 5.92 Å². The fourth-order valence-corrected chi connectivity index (χ4v) is 3.00. The molecule has 2 aromatic rings. The van der Waals surface area contributed by atoms with E-state index in [1.807, 2.05) is 50.4 Å². The molecule has 1 fully saturated rings. The molecule has 0 unspecified atom stereocenters. The van der Waals surface area contributed by atoms with E-state index >= 15 is 0 Å². The Labute approximate surface area is 153 Å². The van der Waals surface area contributed by atoms with Crippen LogP contribution in [0.4, 0.5) is 17.2 Å². The number of pyridine rings is 1. The molecule has 1 N–H and O–H groups in total. The molecule has 25 heavy (non-hydrogen) atoms. The van der Waals surface area contributed by atoms with Gasteiger partial charge in [0.25, 0.3) is 0 Å². The first-order valence-corrected chi connectivity index (χ1v) is 8.93. The summed E-state index contributed by atoms with van der Waals surface area (Å²) in [5, 5.41) is 3.58. The van der Waals surface area contributed by atoms with Crippen LogP contribution >= 0.6 is 11.6 Å². The lowest BCUT2D eigenvalue weighted by molar-refractivity contribution is -0.118. The molecule has 5 nitrogen and oxygen atoms in total. The van der Waals surface area contributed by atoms with Gasteiger partial charge >= 0.3 is 0 Å². The van der Waals surface area contributed by atoms with E-state index < -0.39 is 0 Å². The number of anilines is 3. The van der Waals surface area contributed by atoms with Gasteiger partial charge in [-0.15, -0.1) is 0 Å². The molecule has 0 spiro atoms. The Morgan fingerprint density at radius 1 is 1.08 bits per heavy atom. The lowest BCUT2D eigenvalue weighted by Gasteiger charge is -2.37. The molecule has 0 aliphatic carbocycles. The summed E-state index contributed by atoms with van der Waals surface area (Å²) in [4.78, 5) is 20.7. The number of nitrogens with one attached hydrogen (secondary N) is 1. The first-order valence-electron chi connectivity index (χ1n) is 8.55.